The topological polar surface area (TPSA) is 66.5 Å². The van der Waals surface area contributed by atoms with Crippen molar-refractivity contribution in [2.75, 3.05) is 0 Å². The molecule has 0 radical (unpaired) electrons. The first kappa shape index (κ1) is 14.7. The Morgan fingerprint density at radius 2 is 1.95 bits per heavy atom. The van der Waals surface area contributed by atoms with Gasteiger partial charge in [0.05, 0.1) is 12.2 Å². The summed E-state index contributed by atoms with van der Waals surface area (Å²) in [5, 5.41) is 20.8. The van der Waals surface area contributed by atoms with Gasteiger partial charge in [0.25, 0.3) is 0 Å². The van der Waals surface area contributed by atoms with Crippen molar-refractivity contribution in [2.24, 2.45) is 28.4 Å². The summed E-state index contributed by atoms with van der Waals surface area (Å²) >= 11 is 0. The van der Waals surface area contributed by atoms with Crippen molar-refractivity contribution in [1.29, 1.82) is 0 Å². The predicted molar refractivity (Wildman–Crippen MR) is 87.0 cm³/mol. The van der Waals surface area contributed by atoms with Crippen LogP contribution in [-0.2, 0) is 0 Å². The summed E-state index contributed by atoms with van der Waals surface area (Å²) in [4.78, 5) is 0. The number of hydrogen-bond acceptors (Lipinski definition) is 3. The van der Waals surface area contributed by atoms with E-state index < -0.39 is 0 Å². The quantitative estimate of drug-likeness (QED) is 0.602. The monoisotopic (exact) mass is 301 g/mol. The molecule has 4 unspecified atom stereocenters. The molecule has 3 nitrogen and oxygen atoms in total. The molecule has 4 aliphatic carbocycles. The Bertz CT molecular complexity index is 592. The standard InChI is InChI=1S/C19H27NO2/c1-18-7-5-12(21)9-11(18)10-15(22)17-13-3-4-16(20)19(13,2)8-6-14(17)18/h3-5,7,11-12,14-16,21-22H,6,8-10,20H2,1-2H3/t11?,12?,14-,15?,16?,18+,19+/m1/s1. The molecule has 0 saturated heterocycles. The van der Waals surface area contributed by atoms with Gasteiger partial charge >= 0.3 is 0 Å². The highest BCUT2D eigenvalue weighted by Crippen LogP contribution is 2.60. The molecule has 4 rings (SSSR count). The molecular weight excluding hydrogens is 274 g/mol. The van der Waals surface area contributed by atoms with E-state index in [0.29, 0.717) is 11.8 Å². The molecule has 0 aromatic carbocycles. The van der Waals surface area contributed by atoms with E-state index in [1.165, 1.54) is 11.1 Å². The highest BCUT2D eigenvalue weighted by molar-refractivity contribution is 5.47. The van der Waals surface area contributed by atoms with Crippen LogP contribution in [0.2, 0.25) is 0 Å². The minimum Gasteiger partial charge on any atom is -0.389 e. The van der Waals surface area contributed by atoms with Gasteiger partial charge in [-0.1, -0.05) is 38.2 Å². The first-order chi connectivity index (χ1) is 10.4. The van der Waals surface area contributed by atoms with Gasteiger partial charge in [-0.25, -0.2) is 0 Å². The van der Waals surface area contributed by atoms with Gasteiger partial charge in [-0.3, -0.25) is 0 Å². The van der Waals surface area contributed by atoms with Crippen LogP contribution in [0.5, 0.6) is 0 Å². The fourth-order valence-corrected chi connectivity index (χ4v) is 5.58. The van der Waals surface area contributed by atoms with Crippen LogP contribution in [0, 0.1) is 22.7 Å². The van der Waals surface area contributed by atoms with E-state index in [1.807, 2.05) is 6.08 Å². The Balaban J connectivity index is 1.84. The van der Waals surface area contributed by atoms with Crippen LogP contribution in [0.1, 0.15) is 39.5 Å². The molecule has 0 spiro atoms. The second kappa shape index (κ2) is 4.56. The lowest BCUT2D eigenvalue weighted by molar-refractivity contribution is -0.000497. The third-order valence-electron chi connectivity index (χ3n) is 7.16. The van der Waals surface area contributed by atoms with Crippen LogP contribution in [0.3, 0.4) is 0 Å². The van der Waals surface area contributed by atoms with E-state index in [-0.39, 0.29) is 29.1 Å². The first-order valence-corrected chi connectivity index (χ1v) is 8.60. The number of rotatable bonds is 0. The van der Waals surface area contributed by atoms with Crippen LogP contribution in [0.4, 0.5) is 0 Å². The second-order valence-electron chi connectivity index (χ2n) is 8.24. The molecule has 22 heavy (non-hydrogen) atoms. The van der Waals surface area contributed by atoms with Crippen LogP contribution < -0.4 is 5.73 Å². The van der Waals surface area contributed by atoms with Crippen molar-refractivity contribution < 1.29 is 10.2 Å². The summed E-state index contributed by atoms with van der Waals surface area (Å²) < 4.78 is 0. The zero-order valence-corrected chi connectivity index (χ0v) is 13.5. The summed E-state index contributed by atoms with van der Waals surface area (Å²) in [6, 6.07) is 0.0670. The number of fused-ring (bicyclic) bond motifs is 4. The molecule has 0 amide bonds. The minimum atomic E-state index is -0.383. The van der Waals surface area contributed by atoms with Crippen molar-refractivity contribution >= 4 is 0 Å². The molecule has 7 atom stereocenters. The number of hydrogen-bond donors (Lipinski definition) is 3. The third kappa shape index (κ3) is 1.73. The van der Waals surface area contributed by atoms with Gasteiger partial charge in [0.1, 0.15) is 0 Å². The van der Waals surface area contributed by atoms with E-state index in [1.54, 1.807) is 0 Å². The van der Waals surface area contributed by atoms with Crippen LogP contribution in [-0.4, -0.2) is 28.5 Å². The molecular formula is C19H27NO2. The van der Waals surface area contributed by atoms with Gasteiger partial charge < -0.3 is 15.9 Å². The van der Waals surface area contributed by atoms with Crippen molar-refractivity contribution in [3.05, 3.63) is 35.5 Å². The summed E-state index contributed by atoms with van der Waals surface area (Å²) in [6.45, 7) is 4.57. The van der Waals surface area contributed by atoms with Crippen molar-refractivity contribution in [3.63, 3.8) is 0 Å². The highest BCUT2D eigenvalue weighted by atomic mass is 16.3. The Labute approximate surface area is 132 Å². The third-order valence-corrected chi connectivity index (χ3v) is 7.16. The lowest BCUT2D eigenvalue weighted by Crippen LogP contribution is -2.51. The van der Waals surface area contributed by atoms with Crippen LogP contribution in [0.15, 0.2) is 35.5 Å². The largest absolute Gasteiger partial charge is 0.389 e. The average molecular weight is 301 g/mol. The molecule has 4 N–H and O–H groups in total. The molecule has 4 aliphatic rings. The lowest BCUT2D eigenvalue weighted by Gasteiger charge is -2.55. The maximum atomic E-state index is 10.9. The van der Waals surface area contributed by atoms with Gasteiger partial charge in [0.2, 0.25) is 0 Å². The zero-order chi connectivity index (χ0) is 15.7. The maximum Gasteiger partial charge on any atom is 0.0762 e. The predicted octanol–water partition coefficient (Wildman–Crippen LogP) is 2.30. The molecule has 0 aliphatic heterocycles. The van der Waals surface area contributed by atoms with Gasteiger partial charge in [0.15, 0.2) is 0 Å². The number of allylic oxidation sites excluding steroid dienone is 2. The molecule has 1 saturated carbocycles. The molecule has 120 valence electrons. The van der Waals surface area contributed by atoms with Gasteiger partial charge in [-0.15, -0.1) is 0 Å². The van der Waals surface area contributed by atoms with Crippen molar-refractivity contribution in [3.8, 4) is 0 Å². The average Bonchev–Trinajstić information content (AvgIpc) is 2.77. The molecule has 0 aromatic rings. The normalized spacial score (nSPS) is 53.2. The summed E-state index contributed by atoms with van der Waals surface area (Å²) in [7, 11) is 0. The highest BCUT2D eigenvalue weighted by Gasteiger charge is 2.54. The summed E-state index contributed by atoms with van der Waals surface area (Å²) in [5.74, 6) is 0.739. The van der Waals surface area contributed by atoms with Gasteiger partial charge in [0, 0.05) is 11.5 Å². The second-order valence-corrected chi connectivity index (χ2v) is 8.24. The Morgan fingerprint density at radius 1 is 1.18 bits per heavy atom. The summed E-state index contributed by atoms with van der Waals surface area (Å²) in [5.41, 5.74) is 8.90. The Kier molecular flexibility index (Phi) is 3.04. The maximum absolute atomic E-state index is 10.9. The molecule has 0 aromatic heterocycles. The fraction of sp³-hybridized carbons (Fsp3) is 0.684. The first-order valence-electron chi connectivity index (χ1n) is 8.60. The van der Waals surface area contributed by atoms with Crippen molar-refractivity contribution in [2.45, 2.75) is 57.8 Å². The van der Waals surface area contributed by atoms with E-state index in [9.17, 15) is 10.2 Å². The zero-order valence-electron chi connectivity index (χ0n) is 13.5. The smallest absolute Gasteiger partial charge is 0.0762 e. The molecule has 3 heteroatoms. The number of nitrogens with two attached hydrogens (primary N) is 1. The van der Waals surface area contributed by atoms with Gasteiger partial charge in [-0.05, 0) is 54.1 Å². The Morgan fingerprint density at radius 3 is 2.73 bits per heavy atom. The molecule has 1 fully saturated rings. The SMILES string of the molecule is C[C@]12CC[C@@H]3C(=C1C=CC2N)C(O)CC1CC(O)C=C[C@@]13C. The van der Waals surface area contributed by atoms with Crippen LogP contribution >= 0.6 is 0 Å². The lowest BCUT2D eigenvalue weighted by atomic mass is 9.50. The van der Waals surface area contributed by atoms with E-state index in [4.69, 9.17) is 5.73 Å². The number of aliphatic hydroxyl groups is 2. The molecule has 0 heterocycles. The molecule has 0 bridgehead atoms. The number of aliphatic hydroxyl groups excluding tert-OH is 2. The van der Waals surface area contributed by atoms with E-state index >= 15 is 0 Å². The van der Waals surface area contributed by atoms with Crippen LogP contribution in [0.25, 0.3) is 0 Å². The fourth-order valence-electron chi connectivity index (χ4n) is 5.58. The van der Waals surface area contributed by atoms with E-state index in [2.05, 4.69) is 32.1 Å². The minimum absolute atomic E-state index is 0.00605. The Hall–Kier alpha value is -0.900. The van der Waals surface area contributed by atoms with Gasteiger partial charge in [-0.2, -0.15) is 0 Å². The summed E-state index contributed by atoms with van der Waals surface area (Å²) in [6.07, 6.45) is 11.4. The van der Waals surface area contributed by atoms with Crippen molar-refractivity contribution in [1.82, 2.24) is 0 Å². The van der Waals surface area contributed by atoms with E-state index in [0.717, 1.165) is 25.7 Å².